The monoisotopic (exact) mass is 264 g/mol. The maximum Gasteiger partial charge on any atom is 0.0589 e. The van der Waals surface area contributed by atoms with Crippen molar-refractivity contribution in [2.75, 3.05) is 52.4 Å². The summed E-state index contributed by atoms with van der Waals surface area (Å²) in [6.45, 7) is 5.39. The summed E-state index contributed by atoms with van der Waals surface area (Å²) in [5.74, 6) is 0. The maximum atomic E-state index is 5.17. The van der Waals surface area contributed by atoms with Gasteiger partial charge in [0.1, 0.15) is 0 Å². The molecular formula is C15H24N2O2. The molecule has 1 heterocycles. The number of rotatable bonds is 8. The molecular weight excluding hydrogens is 240 g/mol. The van der Waals surface area contributed by atoms with Crippen LogP contribution in [0.2, 0.25) is 0 Å². The molecule has 0 aliphatic carbocycles. The van der Waals surface area contributed by atoms with E-state index in [4.69, 9.17) is 9.47 Å². The number of nitrogens with one attached hydrogen (secondary N) is 1. The highest BCUT2D eigenvalue weighted by atomic mass is 16.5. The minimum Gasteiger partial charge on any atom is -0.384 e. The van der Waals surface area contributed by atoms with Gasteiger partial charge >= 0.3 is 0 Å². The first kappa shape index (κ1) is 14.3. The average Bonchev–Trinajstić information content (AvgIpc) is 2.89. The van der Waals surface area contributed by atoms with Crippen LogP contribution in [0, 0.1) is 0 Å². The lowest BCUT2D eigenvalue weighted by Crippen LogP contribution is -2.30. The largest absolute Gasteiger partial charge is 0.384 e. The molecule has 1 aliphatic heterocycles. The minimum atomic E-state index is 0.757. The number of ether oxygens (including phenoxy) is 2. The zero-order valence-corrected chi connectivity index (χ0v) is 11.9. The molecule has 1 aliphatic rings. The van der Waals surface area contributed by atoms with Gasteiger partial charge in [0, 0.05) is 46.1 Å². The van der Waals surface area contributed by atoms with Crippen LogP contribution in [0.5, 0.6) is 0 Å². The topological polar surface area (TPSA) is 33.7 Å². The van der Waals surface area contributed by atoms with Crippen molar-refractivity contribution in [3.63, 3.8) is 0 Å². The van der Waals surface area contributed by atoms with Gasteiger partial charge in [0.25, 0.3) is 0 Å². The van der Waals surface area contributed by atoms with E-state index in [9.17, 15) is 0 Å². The van der Waals surface area contributed by atoms with Gasteiger partial charge in [0.2, 0.25) is 0 Å². The van der Waals surface area contributed by atoms with Crippen molar-refractivity contribution in [1.82, 2.24) is 4.90 Å². The Bertz CT molecular complexity index is 388. The lowest BCUT2D eigenvalue weighted by Gasteiger charge is -2.22. The number of anilines is 1. The molecule has 1 N–H and O–H groups in total. The van der Waals surface area contributed by atoms with Gasteiger partial charge in [-0.05, 0) is 23.6 Å². The summed E-state index contributed by atoms with van der Waals surface area (Å²) >= 11 is 0. The Balaban J connectivity index is 1.95. The van der Waals surface area contributed by atoms with Crippen molar-refractivity contribution >= 4 is 5.69 Å². The van der Waals surface area contributed by atoms with Crippen LogP contribution in [-0.2, 0) is 22.4 Å². The van der Waals surface area contributed by atoms with Crippen LogP contribution < -0.4 is 5.32 Å². The molecule has 19 heavy (non-hydrogen) atoms. The van der Waals surface area contributed by atoms with Crippen LogP contribution in [0.4, 0.5) is 5.69 Å². The van der Waals surface area contributed by atoms with Crippen molar-refractivity contribution in [2.45, 2.75) is 13.0 Å². The second-order valence-electron chi connectivity index (χ2n) is 4.93. The van der Waals surface area contributed by atoms with Crippen molar-refractivity contribution < 1.29 is 9.47 Å². The summed E-state index contributed by atoms with van der Waals surface area (Å²) < 4.78 is 10.3. The number of nitrogens with zero attached hydrogens (tertiary/aromatic N) is 1. The number of benzene rings is 1. The van der Waals surface area contributed by atoms with E-state index in [2.05, 4.69) is 28.4 Å². The fraction of sp³-hybridized carbons (Fsp3) is 0.600. The SMILES string of the molecule is COCCN(CCOC)Cc1ccc2c(c1)NCC2. The lowest BCUT2D eigenvalue weighted by molar-refractivity contribution is 0.110. The summed E-state index contributed by atoms with van der Waals surface area (Å²) in [5, 5.41) is 3.43. The van der Waals surface area contributed by atoms with Gasteiger partial charge in [-0.15, -0.1) is 0 Å². The van der Waals surface area contributed by atoms with E-state index in [1.54, 1.807) is 14.2 Å². The van der Waals surface area contributed by atoms with E-state index in [1.165, 1.54) is 16.8 Å². The van der Waals surface area contributed by atoms with E-state index in [0.717, 1.165) is 45.8 Å². The Labute approximate surface area is 115 Å². The predicted octanol–water partition coefficient (Wildman–Crippen LogP) is 1.75. The normalized spacial score (nSPS) is 13.6. The molecule has 0 fully saturated rings. The van der Waals surface area contributed by atoms with E-state index in [1.807, 2.05) is 0 Å². The van der Waals surface area contributed by atoms with Crippen LogP contribution in [0.1, 0.15) is 11.1 Å². The molecule has 4 heteroatoms. The first-order valence-electron chi connectivity index (χ1n) is 6.89. The van der Waals surface area contributed by atoms with E-state index < -0.39 is 0 Å². The molecule has 0 amide bonds. The van der Waals surface area contributed by atoms with Gasteiger partial charge in [0.05, 0.1) is 13.2 Å². The predicted molar refractivity (Wildman–Crippen MR) is 77.7 cm³/mol. The second kappa shape index (κ2) is 7.48. The molecule has 0 aromatic heterocycles. The molecule has 0 unspecified atom stereocenters. The number of methoxy groups -OCH3 is 2. The Morgan fingerprint density at radius 2 is 1.89 bits per heavy atom. The molecule has 106 valence electrons. The third-order valence-electron chi connectivity index (χ3n) is 3.51. The average molecular weight is 264 g/mol. The zero-order valence-electron chi connectivity index (χ0n) is 11.9. The molecule has 0 radical (unpaired) electrons. The highest BCUT2D eigenvalue weighted by Gasteiger charge is 2.11. The van der Waals surface area contributed by atoms with Crippen LogP contribution >= 0.6 is 0 Å². The number of hydrogen-bond acceptors (Lipinski definition) is 4. The summed E-state index contributed by atoms with van der Waals surface area (Å²) in [6.07, 6.45) is 1.15. The fourth-order valence-corrected chi connectivity index (χ4v) is 2.41. The third-order valence-corrected chi connectivity index (χ3v) is 3.51. The van der Waals surface area contributed by atoms with Crippen molar-refractivity contribution in [3.05, 3.63) is 29.3 Å². The van der Waals surface area contributed by atoms with Crippen LogP contribution in [-0.4, -0.2) is 52.0 Å². The summed E-state index contributed by atoms with van der Waals surface area (Å²) in [6, 6.07) is 6.75. The van der Waals surface area contributed by atoms with Gasteiger partial charge in [0.15, 0.2) is 0 Å². The van der Waals surface area contributed by atoms with Crippen LogP contribution in [0.3, 0.4) is 0 Å². The molecule has 1 aromatic carbocycles. The van der Waals surface area contributed by atoms with E-state index >= 15 is 0 Å². The molecule has 1 aromatic rings. The Morgan fingerprint density at radius 3 is 2.58 bits per heavy atom. The molecule has 0 spiro atoms. The van der Waals surface area contributed by atoms with Gasteiger partial charge in [-0.25, -0.2) is 0 Å². The first-order valence-corrected chi connectivity index (χ1v) is 6.89. The highest BCUT2D eigenvalue weighted by molar-refractivity contribution is 5.56. The molecule has 4 nitrogen and oxygen atoms in total. The molecule has 2 rings (SSSR count). The van der Waals surface area contributed by atoms with E-state index in [0.29, 0.717) is 0 Å². The number of fused-ring (bicyclic) bond motifs is 1. The van der Waals surface area contributed by atoms with Crippen molar-refractivity contribution in [3.8, 4) is 0 Å². The third kappa shape index (κ3) is 4.20. The molecule has 0 bridgehead atoms. The Kier molecular flexibility index (Phi) is 5.63. The quantitative estimate of drug-likeness (QED) is 0.775. The number of hydrogen-bond donors (Lipinski definition) is 1. The van der Waals surface area contributed by atoms with E-state index in [-0.39, 0.29) is 0 Å². The Hall–Kier alpha value is -1.10. The van der Waals surface area contributed by atoms with Gasteiger partial charge in [-0.3, -0.25) is 4.90 Å². The lowest BCUT2D eigenvalue weighted by atomic mass is 10.1. The van der Waals surface area contributed by atoms with Crippen molar-refractivity contribution in [1.29, 1.82) is 0 Å². The first-order chi connectivity index (χ1) is 9.33. The standard InChI is InChI=1S/C15H24N2O2/c1-18-9-7-17(8-10-19-2)12-13-3-4-14-5-6-16-15(14)11-13/h3-4,11,16H,5-10,12H2,1-2H3. The zero-order chi connectivity index (χ0) is 13.5. The maximum absolute atomic E-state index is 5.17. The van der Waals surface area contributed by atoms with Crippen LogP contribution in [0.15, 0.2) is 18.2 Å². The van der Waals surface area contributed by atoms with Gasteiger partial charge in [-0.1, -0.05) is 12.1 Å². The van der Waals surface area contributed by atoms with Gasteiger partial charge in [-0.2, -0.15) is 0 Å². The minimum absolute atomic E-state index is 0.757. The second-order valence-corrected chi connectivity index (χ2v) is 4.93. The highest BCUT2D eigenvalue weighted by Crippen LogP contribution is 2.23. The molecule has 0 atom stereocenters. The summed E-state index contributed by atoms with van der Waals surface area (Å²) in [5.41, 5.74) is 4.08. The molecule has 0 saturated heterocycles. The Morgan fingerprint density at radius 1 is 1.16 bits per heavy atom. The van der Waals surface area contributed by atoms with Crippen molar-refractivity contribution in [2.24, 2.45) is 0 Å². The fourth-order valence-electron chi connectivity index (χ4n) is 2.41. The smallest absolute Gasteiger partial charge is 0.0589 e. The summed E-state index contributed by atoms with van der Waals surface area (Å²) in [4.78, 5) is 2.36. The van der Waals surface area contributed by atoms with Crippen LogP contribution in [0.25, 0.3) is 0 Å². The summed E-state index contributed by atoms with van der Waals surface area (Å²) in [7, 11) is 3.49. The molecule has 0 saturated carbocycles. The van der Waals surface area contributed by atoms with Gasteiger partial charge < -0.3 is 14.8 Å².